The minimum Gasteiger partial charge on any atom is -0.462 e. The molecule has 6 nitrogen and oxygen atoms in total. The molecule has 0 N–H and O–H groups in total. The number of allylic oxidation sites excluding steroid dienone is 18. The molecule has 0 aromatic heterocycles. The van der Waals surface area contributed by atoms with Crippen LogP contribution in [-0.4, -0.2) is 37.2 Å². The Kier molecular flexibility index (Phi) is 52.4. The molecule has 0 saturated heterocycles. The average molecular weight is 943 g/mol. The fourth-order valence-corrected chi connectivity index (χ4v) is 7.36. The first-order chi connectivity index (χ1) is 33.5. The third kappa shape index (κ3) is 53.0. The van der Waals surface area contributed by atoms with Gasteiger partial charge in [0, 0.05) is 19.3 Å². The molecule has 0 rings (SSSR count). The summed E-state index contributed by atoms with van der Waals surface area (Å²) < 4.78 is 16.7. The van der Waals surface area contributed by atoms with Crippen molar-refractivity contribution in [2.45, 2.75) is 252 Å². The number of carbonyl (C=O) groups is 3. The summed E-state index contributed by atoms with van der Waals surface area (Å²) in [6, 6.07) is 0. The molecule has 0 aromatic carbocycles. The maximum absolute atomic E-state index is 12.7. The lowest BCUT2D eigenvalue weighted by Crippen LogP contribution is -2.30. The molecule has 0 aliphatic rings. The van der Waals surface area contributed by atoms with Crippen LogP contribution < -0.4 is 0 Å². The minimum atomic E-state index is -0.818. The largest absolute Gasteiger partial charge is 0.462 e. The maximum atomic E-state index is 12.7. The van der Waals surface area contributed by atoms with Gasteiger partial charge in [-0.05, 0) is 96.3 Å². The predicted octanol–water partition coefficient (Wildman–Crippen LogP) is 18.7. The van der Waals surface area contributed by atoms with Crippen molar-refractivity contribution in [1.29, 1.82) is 0 Å². The van der Waals surface area contributed by atoms with Gasteiger partial charge in [-0.1, -0.05) is 239 Å². The molecule has 1 atom stereocenters. The van der Waals surface area contributed by atoms with E-state index in [0.29, 0.717) is 19.3 Å². The van der Waals surface area contributed by atoms with E-state index in [9.17, 15) is 14.4 Å². The third-order valence-electron chi connectivity index (χ3n) is 11.5. The fourth-order valence-electron chi connectivity index (χ4n) is 7.36. The van der Waals surface area contributed by atoms with Crippen molar-refractivity contribution in [1.82, 2.24) is 0 Å². The monoisotopic (exact) mass is 943 g/mol. The number of ether oxygens (including phenoxy) is 3. The summed E-state index contributed by atoms with van der Waals surface area (Å²) in [6.07, 6.45) is 75.5. The van der Waals surface area contributed by atoms with Gasteiger partial charge in [-0.15, -0.1) is 0 Å². The van der Waals surface area contributed by atoms with Crippen molar-refractivity contribution < 1.29 is 28.6 Å². The zero-order valence-electron chi connectivity index (χ0n) is 44.1. The molecule has 6 heteroatoms. The first kappa shape index (κ1) is 64.1. The van der Waals surface area contributed by atoms with Gasteiger partial charge in [-0.25, -0.2) is 0 Å². The molecule has 68 heavy (non-hydrogen) atoms. The van der Waals surface area contributed by atoms with Crippen LogP contribution >= 0.6 is 0 Å². The number of hydrogen-bond acceptors (Lipinski definition) is 6. The SMILES string of the molecule is CC/C=C\C/C=C\C/C=C\C/C=C\C/C=C\C/C=C\CCC(=O)OC(COC(=O)CCCCCCCC)COC(=O)CCCCCCCCCCCC/C=C\C/C=C\C/C=C\CCCCCCC. The van der Waals surface area contributed by atoms with E-state index in [1.165, 1.54) is 109 Å². The summed E-state index contributed by atoms with van der Waals surface area (Å²) >= 11 is 0. The van der Waals surface area contributed by atoms with E-state index < -0.39 is 12.1 Å². The Morgan fingerprint density at radius 1 is 0.309 bits per heavy atom. The van der Waals surface area contributed by atoms with E-state index in [0.717, 1.165) is 89.9 Å². The number of rotatable bonds is 49. The summed E-state index contributed by atoms with van der Waals surface area (Å²) in [6.45, 7) is 6.38. The quantitative estimate of drug-likeness (QED) is 0.0262. The van der Waals surface area contributed by atoms with Crippen molar-refractivity contribution in [3.8, 4) is 0 Å². The molecule has 0 spiro atoms. The van der Waals surface area contributed by atoms with Crippen LogP contribution in [0.4, 0.5) is 0 Å². The van der Waals surface area contributed by atoms with E-state index in [1.54, 1.807) is 0 Å². The summed E-state index contributed by atoms with van der Waals surface area (Å²) in [5.74, 6) is -1.01. The lowest BCUT2D eigenvalue weighted by molar-refractivity contribution is -0.166. The number of carbonyl (C=O) groups excluding carboxylic acids is 3. The second-order valence-electron chi connectivity index (χ2n) is 18.1. The standard InChI is InChI=1S/C62H102O6/c1-4-7-10-13-16-18-20-22-24-26-28-29-30-31-32-33-35-36-38-40-42-44-46-49-52-55-61(64)67-58-59(57-66-60(63)54-51-48-15-12-9-6-3)68-62(65)56-53-50-47-45-43-41-39-37-34-27-25-23-21-19-17-14-11-8-5-2/h8,11,17,19-20,22-23,25-26,28,30-31,34,37,41,43,47,50,59H,4-7,9-10,12-16,18,21,24,27,29,32-33,35-36,38-40,42,44-46,48-49,51-58H2,1-3H3/b11-8-,19-17-,22-20-,25-23-,28-26-,31-30-,37-34-,43-41-,50-47-. The highest BCUT2D eigenvalue weighted by Crippen LogP contribution is 2.14. The molecule has 0 fully saturated rings. The second-order valence-corrected chi connectivity index (χ2v) is 18.1. The van der Waals surface area contributed by atoms with Gasteiger partial charge in [0.15, 0.2) is 6.10 Å². The molecular weight excluding hydrogens is 841 g/mol. The Hall–Kier alpha value is -3.93. The summed E-state index contributed by atoms with van der Waals surface area (Å²) in [7, 11) is 0. The molecule has 0 aliphatic heterocycles. The zero-order chi connectivity index (χ0) is 49.3. The van der Waals surface area contributed by atoms with Crippen molar-refractivity contribution >= 4 is 17.9 Å². The molecular formula is C62H102O6. The zero-order valence-corrected chi connectivity index (χ0v) is 44.1. The van der Waals surface area contributed by atoms with Gasteiger partial charge >= 0.3 is 17.9 Å². The highest BCUT2D eigenvalue weighted by Gasteiger charge is 2.19. The van der Waals surface area contributed by atoms with Crippen molar-refractivity contribution in [3.63, 3.8) is 0 Å². The van der Waals surface area contributed by atoms with Crippen LogP contribution in [0.5, 0.6) is 0 Å². The van der Waals surface area contributed by atoms with Crippen molar-refractivity contribution in [2.24, 2.45) is 0 Å². The van der Waals surface area contributed by atoms with Crippen LogP contribution in [0.1, 0.15) is 245 Å². The Morgan fingerprint density at radius 3 is 0.956 bits per heavy atom. The average Bonchev–Trinajstić information content (AvgIpc) is 3.34. The molecule has 0 amide bonds. The van der Waals surface area contributed by atoms with Crippen LogP contribution in [0, 0.1) is 0 Å². The van der Waals surface area contributed by atoms with Gasteiger partial charge in [0.05, 0.1) is 0 Å². The molecule has 0 bridgehead atoms. The summed E-state index contributed by atoms with van der Waals surface area (Å²) in [4.78, 5) is 37.8. The molecule has 0 heterocycles. The van der Waals surface area contributed by atoms with E-state index >= 15 is 0 Å². The summed E-state index contributed by atoms with van der Waals surface area (Å²) in [5, 5.41) is 0. The summed E-state index contributed by atoms with van der Waals surface area (Å²) in [5.41, 5.74) is 0. The predicted molar refractivity (Wildman–Crippen MR) is 293 cm³/mol. The van der Waals surface area contributed by atoms with Crippen LogP contribution in [0.25, 0.3) is 0 Å². The van der Waals surface area contributed by atoms with Crippen LogP contribution in [0.3, 0.4) is 0 Å². The van der Waals surface area contributed by atoms with Gasteiger partial charge in [0.2, 0.25) is 0 Å². The molecule has 0 saturated carbocycles. The first-order valence-electron chi connectivity index (χ1n) is 27.9. The van der Waals surface area contributed by atoms with Crippen molar-refractivity contribution in [2.75, 3.05) is 13.2 Å². The Balaban J connectivity index is 4.27. The lowest BCUT2D eigenvalue weighted by atomic mass is 10.1. The Labute approximate surface area is 419 Å². The fraction of sp³-hybridized carbons (Fsp3) is 0.661. The van der Waals surface area contributed by atoms with E-state index in [2.05, 4.69) is 118 Å². The van der Waals surface area contributed by atoms with E-state index in [1.807, 2.05) is 12.2 Å². The van der Waals surface area contributed by atoms with Gasteiger partial charge in [0.25, 0.3) is 0 Å². The minimum absolute atomic E-state index is 0.111. The highest BCUT2D eigenvalue weighted by molar-refractivity contribution is 5.71. The molecule has 1 unspecified atom stereocenters. The van der Waals surface area contributed by atoms with Gasteiger partial charge < -0.3 is 14.2 Å². The van der Waals surface area contributed by atoms with Gasteiger partial charge in [-0.3, -0.25) is 14.4 Å². The smallest absolute Gasteiger partial charge is 0.306 e. The first-order valence-corrected chi connectivity index (χ1v) is 27.9. The van der Waals surface area contributed by atoms with E-state index in [-0.39, 0.29) is 31.6 Å². The normalized spacial score (nSPS) is 12.9. The lowest BCUT2D eigenvalue weighted by Gasteiger charge is -2.18. The van der Waals surface area contributed by atoms with E-state index in [4.69, 9.17) is 14.2 Å². The van der Waals surface area contributed by atoms with Gasteiger partial charge in [0.1, 0.15) is 13.2 Å². The highest BCUT2D eigenvalue weighted by atomic mass is 16.6. The number of hydrogen-bond donors (Lipinski definition) is 0. The van der Waals surface area contributed by atoms with Crippen LogP contribution in [0.15, 0.2) is 109 Å². The third-order valence-corrected chi connectivity index (χ3v) is 11.5. The number of unbranched alkanes of at least 4 members (excludes halogenated alkanes) is 20. The van der Waals surface area contributed by atoms with Crippen molar-refractivity contribution in [3.05, 3.63) is 109 Å². The molecule has 0 aromatic rings. The Morgan fingerprint density at radius 2 is 0.603 bits per heavy atom. The topological polar surface area (TPSA) is 78.9 Å². The molecule has 0 aliphatic carbocycles. The number of esters is 3. The second kappa shape index (κ2) is 55.7. The molecule has 0 radical (unpaired) electrons. The Bertz CT molecular complexity index is 1410. The van der Waals surface area contributed by atoms with Crippen LogP contribution in [-0.2, 0) is 28.6 Å². The van der Waals surface area contributed by atoms with Gasteiger partial charge in [-0.2, -0.15) is 0 Å². The maximum Gasteiger partial charge on any atom is 0.306 e. The van der Waals surface area contributed by atoms with Crippen LogP contribution in [0.2, 0.25) is 0 Å². The molecule has 386 valence electrons.